The van der Waals surface area contributed by atoms with Crippen LogP contribution in [0.1, 0.15) is 0 Å². The maximum absolute atomic E-state index is 3.23. The Labute approximate surface area is 146 Å². The molecule has 0 N–H and O–H groups in total. The molecule has 0 saturated carbocycles. The second-order valence-electron chi connectivity index (χ2n) is 4.49. The smallest absolute Gasteiger partial charge is 0.0935 e. The standard InChI is InChI=1S/C20H6S3/c1-2-4-19-17(11-13-22-19)7-8-20-16(10-14-23-20)6-5-15-9-12-21-18(15)3-1/h9-14H. The molecule has 0 nitrogen and oxygen atoms in total. The minimum absolute atomic E-state index is 0.947. The van der Waals surface area contributed by atoms with Gasteiger partial charge in [0.15, 0.2) is 0 Å². The van der Waals surface area contributed by atoms with Gasteiger partial charge in [0.1, 0.15) is 0 Å². The molecule has 1 aromatic carbocycles. The van der Waals surface area contributed by atoms with Crippen molar-refractivity contribution < 1.29 is 0 Å². The lowest BCUT2D eigenvalue weighted by Gasteiger charge is -1.73. The molecule has 0 aliphatic rings. The van der Waals surface area contributed by atoms with Gasteiger partial charge in [-0.2, -0.15) is 0 Å². The van der Waals surface area contributed by atoms with E-state index in [9.17, 15) is 0 Å². The fourth-order valence-corrected chi connectivity index (χ4v) is 4.04. The molecule has 0 saturated heterocycles. The molecule has 23 heavy (non-hydrogen) atoms. The molecule has 104 valence electrons. The summed E-state index contributed by atoms with van der Waals surface area (Å²) in [5, 5.41) is 8.90. The van der Waals surface area contributed by atoms with E-state index in [1.54, 1.807) is 34.0 Å². The van der Waals surface area contributed by atoms with Crippen LogP contribution in [0.5, 0.6) is 0 Å². The Balaban J connectivity index is 2.10. The quantitative estimate of drug-likeness (QED) is 0.369. The summed E-state index contributed by atoms with van der Waals surface area (Å²) in [5.74, 6) is 0. The van der Waals surface area contributed by atoms with E-state index < -0.39 is 0 Å². The van der Waals surface area contributed by atoms with E-state index in [1.165, 1.54) is 0 Å². The van der Waals surface area contributed by atoms with Gasteiger partial charge in [-0.05, 0) is 64.7 Å². The van der Waals surface area contributed by atoms with Crippen molar-refractivity contribution >= 4 is 64.3 Å². The van der Waals surface area contributed by atoms with E-state index in [4.69, 9.17) is 0 Å². The molecule has 4 aromatic rings. The highest BCUT2D eigenvalue weighted by Crippen LogP contribution is 2.18. The van der Waals surface area contributed by atoms with Gasteiger partial charge in [-0.15, -0.1) is 34.0 Å². The van der Waals surface area contributed by atoms with Crippen molar-refractivity contribution in [1.29, 1.82) is 0 Å². The molecule has 0 radical (unpaired) electrons. The summed E-state index contributed by atoms with van der Waals surface area (Å²) < 4.78 is 2.90. The highest BCUT2D eigenvalue weighted by atomic mass is 32.1. The average Bonchev–Trinajstić information content (AvgIpc) is 3.28. The van der Waals surface area contributed by atoms with Crippen LogP contribution in [-0.4, -0.2) is 0 Å². The molecule has 0 fully saturated rings. The highest BCUT2D eigenvalue weighted by molar-refractivity contribution is 7.17. The molecule has 0 aliphatic carbocycles. The normalized spacial score (nSPS) is 9.22. The minimum atomic E-state index is 0.947. The average molecular weight is 342 g/mol. The topological polar surface area (TPSA) is 0 Å². The number of thiophene rings is 3. The molecular formula is C20H6S3. The SMILES string of the molecule is c1c#cc2sccc2c#cc2sccc2c#cc2ccsc2c#1. The van der Waals surface area contributed by atoms with E-state index >= 15 is 0 Å². The predicted molar refractivity (Wildman–Crippen MR) is 98.5 cm³/mol. The summed E-state index contributed by atoms with van der Waals surface area (Å²) in [6, 6.07) is 30.9. The first kappa shape index (κ1) is 14.0. The van der Waals surface area contributed by atoms with Crippen LogP contribution in [0.4, 0.5) is 0 Å². The Morgan fingerprint density at radius 2 is 0.870 bits per heavy atom. The molecule has 4 rings (SSSR count). The molecule has 0 unspecified atom stereocenters. The van der Waals surface area contributed by atoms with Crippen LogP contribution >= 0.6 is 34.0 Å². The first-order valence-corrected chi connectivity index (χ1v) is 9.32. The molecule has 0 bridgehead atoms. The van der Waals surface area contributed by atoms with E-state index in [0.717, 1.165) is 30.3 Å². The van der Waals surface area contributed by atoms with E-state index in [1.807, 2.05) is 34.3 Å². The Morgan fingerprint density at radius 3 is 1.35 bits per heavy atom. The zero-order chi connectivity index (χ0) is 15.5. The van der Waals surface area contributed by atoms with Crippen molar-refractivity contribution in [3.8, 4) is 0 Å². The molecule has 0 aliphatic heterocycles. The molecule has 3 aromatic heterocycles. The first-order valence-electron chi connectivity index (χ1n) is 6.69. The van der Waals surface area contributed by atoms with Crippen LogP contribution in [0.25, 0.3) is 30.3 Å². The maximum atomic E-state index is 3.23. The molecule has 3 heterocycles. The van der Waals surface area contributed by atoms with Gasteiger partial charge in [-0.25, -0.2) is 0 Å². The second-order valence-corrected chi connectivity index (χ2v) is 7.24. The summed E-state index contributed by atoms with van der Waals surface area (Å²) in [7, 11) is 0. The lowest BCUT2D eigenvalue weighted by atomic mass is 10.3. The summed E-state index contributed by atoms with van der Waals surface area (Å²) in [6.07, 6.45) is 0. The third kappa shape index (κ3) is 2.96. The van der Waals surface area contributed by atoms with Crippen molar-refractivity contribution in [3.05, 3.63) is 82.9 Å². The van der Waals surface area contributed by atoms with Crippen molar-refractivity contribution in [2.45, 2.75) is 0 Å². The van der Waals surface area contributed by atoms with E-state index in [0.29, 0.717) is 0 Å². The summed E-state index contributed by atoms with van der Waals surface area (Å²) >= 11 is 4.79. The van der Waals surface area contributed by atoms with Gasteiger partial charge in [0.25, 0.3) is 0 Å². The first-order chi connectivity index (χ1) is 11.4. The summed E-state index contributed by atoms with van der Waals surface area (Å²) in [6.45, 7) is 0. The van der Waals surface area contributed by atoms with Gasteiger partial charge < -0.3 is 0 Å². The third-order valence-corrected chi connectivity index (χ3v) is 5.54. The lowest BCUT2D eigenvalue weighted by Crippen LogP contribution is -1.51. The second kappa shape index (κ2) is 6.22. The van der Waals surface area contributed by atoms with Crippen LogP contribution in [-0.2, 0) is 0 Å². The van der Waals surface area contributed by atoms with Crippen molar-refractivity contribution in [2.75, 3.05) is 0 Å². The zero-order valence-electron chi connectivity index (χ0n) is 11.7. The Bertz CT molecular complexity index is 994. The van der Waals surface area contributed by atoms with Crippen LogP contribution < -0.4 is 0 Å². The lowest BCUT2D eigenvalue weighted by molar-refractivity contribution is 1.99. The highest BCUT2D eigenvalue weighted by Gasteiger charge is 1.90. The number of hydrogen-bond acceptors (Lipinski definition) is 3. The fourth-order valence-electron chi connectivity index (χ4n) is 1.95. The van der Waals surface area contributed by atoms with Gasteiger partial charge in [0.05, 0.1) is 30.3 Å². The Morgan fingerprint density at radius 1 is 0.478 bits per heavy atom. The predicted octanol–water partition coefficient (Wildman–Crippen LogP) is 5.98. The van der Waals surface area contributed by atoms with E-state index in [2.05, 4.69) is 48.5 Å². The monoisotopic (exact) mass is 342 g/mol. The molecule has 0 amide bonds. The Hall–Kier alpha value is -2.66. The van der Waals surface area contributed by atoms with Gasteiger partial charge in [0, 0.05) is 0 Å². The minimum Gasteiger partial charge on any atom is -0.134 e. The summed E-state index contributed by atoms with van der Waals surface area (Å²) in [4.78, 5) is 0. The van der Waals surface area contributed by atoms with Gasteiger partial charge >= 0.3 is 0 Å². The fraction of sp³-hybridized carbons (Fsp3) is 0. The zero-order valence-corrected chi connectivity index (χ0v) is 14.1. The number of rotatable bonds is 0. The van der Waals surface area contributed by atoms with Crippen LogP contribution in [0.15, 0.2) is 34.3 Å². The van der Waals surface area contributed by atoms with Crippen molar-refractivity contribution in [1.82, 2.24) is 0 Å². The molecule has 0 atom stereocenters. The molecule has 3 heteroatoms. The van der Waals surface area contributed by atoms with Crippen molar-refractivity contribution in [2.24, 2.45) is 0 Å². The number of fused-ring (bicyclic) bond motifs is 3. The van der Waals surface area contributed by atoms with Crippen LogP contribution in [0.2, 0.25) is 0 Å². The largest absolute Gasteiger partial charge is 0.134 e. The molecule has 0 spiro atoms. The van der Waals surface area contributed by atoms with Gasteiger partial charge in [-0.1, -0.05) is 18.2 Å². The van der Waals surface area contributed by atoms with Crippen LogP contribution in [0.3, 0.4) is 0 Å². The van der Waals surface area contributed by atoms with Crippen LogP contribution in [0, 0.1) is 48.5 Å². The number of hydrogen-bond donors (Lipinski definition) is 0. The van der Waals surface area contributed by atoms with Gasteiger partial charge in [0.2, 0.25) is 0 Å². The maximum Gasteiger partial charge on any atom is 0.0935 e. The molecular weight excluding hydrogens is 336 g/mol. The van der Waals surface area contributed by atoms with Crippen molar-refractivity contribution in [3.63, 3.8) is 0 Å². The van der Waals surface area contributed by atoms with E-state index in [-0.39, 0.29) is 0 Å². The third-order valence-electron chi connectivity index (χ3n) is 3.05. The van der Waals surface area contributed by atoms with Gasteiger partial charge in [-0.3, -0.25) is 0 Å². The summed E-state index contributed by atoms with van der Waals surface area (Å²) in [5.41, 5.74) is 0. The Kier molecular flexibility index (Phi) is 3.78.